The molecule has 0 spiro atoms. The Morgan fingerprint density at radius 1 is 1.40 bits per heavy atom. The number of Topliss-reactive ketones (excluding diaryl/α,β-unsaturated/α-hetero) is 1. The number of carbonyl (C=O) groups is 1. The van der Waals surface area contributed by atoms with E-state index < -0.39 is 0 Å². The van der Waals surface area contributed by atoms with E-state index in [9.17, 15) is 9.90 Å². The maximum absolute atomic E-state index is 11.9. The van der Waals surface area contributed by atoms with Gasteiger partial charge in [-0.3, -0.25) is 4.79 Å². The Bertz CT molecular complexity index is 331. The Morgan fingerprint density at radius 2 is 2.07 bits per heavy atom. The van der Waals surface area contributed by atoms with Gasteiger partial charge < -0.3 is 5.11 Å². The summed E-state index contributed by atoms with van der Waals surface area (Å²) >= 11 is 0. The molecular formula is C13H18O2. The van der Waals surface area contributed by atoms with Gasteiger partial charge in [-0.1, -0.05) is 38.8 Å². The van der Waals surface area contributed by atoms with Gasteiger partial charge >= 0.3 is 0 Å². The molecule has 1 N–H and O–H groups in total. The monoisotopic (exact) mass is 206 g/mol. The lowest BCUT2D eigenvalue weighted by molar-refractivity contribution is 0.0920. The van der Waals surface area contributed by atoms with E-state index >= 15 is 0 Å². The lowest BCUT2D eigenvalue weighted by Crippen LogP contribution is -2.11. The van der Waals surface area contributed by atoms with Crippen LogP contribution in [-0.4, -0.2) is 10.9 Å². The van der Waals surface area contributed by atoms with Crippen molar-refractivity contribution in [2.45, 2.75) is 33.1 Å². The van der Waals surface area contributed by atoms with Gasteiger partial charge in [0.15, 0.2) is 5.78 Å². The quantitative estimate of drug-likeness (QED) is 0.750. The molecule has 0 aliphatic rings. The summed E-state index contributed by atoms with van der Waals surface area (Å²) < 4.78 is 0. The van der Waals surface area contributed by atoms with E-state index in [0.717, 1.165) is 19.3 Å². The first-order chi connectivity index (χ1) is 7.16. The standard InChI is InChI=1S/C13H18O2/c1-3-4-7-10(2)13(15)11-8-5-6-9-12(11)14/h5-6,8-10,14H,3-4,7H2,1-2H3. The van der Waals surface area contributed by atoms with Gasteiger partial charge in [-0.25, -0.2) is 0 Å². The summed E-state index contributed by atoms with van der Waals surface area (Å²) in [5.74, 6) is 0.130. The number of rotatable bonds is 5. The molecule has 0 aromatic heterocycles. The molecule has 1 aromatic carbocycles. The molecule has 15 heavy (non-hydrogen) atoms. The van der Waals surface area contributed by atoms with Crippen LogP contribution in [0.4, 0.5) is 0 Å². The number of hydrogen-bond donors (Lipinski definition) is 1. The molecule has 1 rings (SSSR count). The third-order valence-electron chi connectivity index (χ3n) is 2.61. The van der Waals surface area contributed by atoms with E-state index in [1.165, 1.54) is 0 Å². The van der Waals surface area contributed by atoms with Gasteiger partial charge in [0, 0.05) is 5.92 Å². The van der Waals surface area contributed by atoms with Crippen LogP contribution in [0, 0.1) is 5.92 Å². The lowest BCUT2D eigenvalue weighted by Gasteiger charge is -2.10. The van der Waals surface area contributed by atoms with E-state index in [1.807, 2.05) is 6.92 Å². The zero-order chi connectivity index (χ0) is 11.3. The Labute approximate surface area is 90.9 Å². The second-order valence-corrected chi connectivity index (χ2v) is 3.92. The molecule has 0 bridgehead atoms. The van der Waals surface area contributed by atoms with E-state index in [2.05, 4.69) is 6.92 Å². The molecule has 1 aromatic rings. The summed E-state index contributed by atoms with van der Waals surface area (Å²) in [5, 5.41) is 9.53. The van der Waals surface area contributed by atoms with Crippen LogP contribution >= 0.6 is 0 Å². The SMILES string of the molecule is CCCCC(C)C(=O)c1ccccc1O. The van der Waals surface area contributed by atoms with Crippen molar-refractivity contribution >= 4 is 5.78 Å². The highest BCUT2D eigenvalue weighted by atomic mass is 16.3. The molecule has 0 fully saturated rings. The van der Waals surface area contributed by atoms with Crippen molar-refractivity contribution in [1.29, 1.82) is 0 Å². The van der Waals surface area contributed by atoms with Crippen molar-refractivity contribution < 1.29 is 9.90 Å². The highest BCUT2D eigenvalue weighted by Crippen LogP contribution is 2.21. The summed E-state index contributed by atoms with van der Waals surface area (Å²) in [4.78, 5) is 11.9. The van der Waals surface area contributed by atoms with Crippen LogP contribution < -0.4 is 0 Å². The Morgan fingerprint density at radius 3 is 2.67 bits per heavy atom. The third kappa shape index (κ3) is 3.08. The molecular weight excluding hydrogens is 188 g/mol. The summed E-state index contributed by atoms with van der Waals surface area (Å²) in [6.45, 7) is 4.03. The number of benzene rings is 1. The molecule has 0 aliphatic carbocycles. The van der Waals surface area contributed by atoms with Gasteiger partial charge in [0.05, 0.1) is 5.56 Å². The fraction of sp³-hybridized carbons (Fsp3) is 0.462. The van der Waals surface area contributed by atoms with Crippen molar-refractivity contribution in [1.82, 2.24) is 0 Å². The predicted molar refractivity (Wildman–Crippen MR) is 61.1 cm³/mol. The Hall–Kier alpha value is -1.31. The number of phenols is 1. The second-order valence-electron chi connectivity index (χ2n) is 3.92. The van der Waals surface area contributed by atoms with Gasteiger partial charge in [0.2, 0.25) is 0 Å². The fourth-order valence-corrected chi connectivity index (χ4v) is 1.59. The van der Waals surface area contributed by atoms with Gasteiger partial charge in [-0.05, 0) is 18.6 Å². The average molecular weight is 206 g/mol. The van der Waals surface area contributed by atoms with Crippen LogP contribution in [0.3, 0.4) is 0 Å². The van der Waals surface area contributed by atoms with Crippen molar-refractivity contribution in [3.63, 3.8) is 0 Å². The van der Waals surface area contributed by atoms with Crippen molar-refractivity contribution in [3.8, 4) is 5.75 Å². The summed E-state index contributed by atoms with van der Waals surface area (Å²) in [6, 6.07) is 6.74. The van der Waals surface area contributed by atoms with E-state index in [1.54, 1.807) is 24.3 Å². The fourth-order valence-electron chi connectivity index (χ4n) is 1.59. The number of ketones is 1. The number of para-hydroxylation sites is 1. The molecule has 2 heteroatoms. The number of phenolic OH excluding ortho intramolecular Hbond substituents is 1. The molecule has 0 saturated heterocycles. The largest absolute Gasteiger partial charge is 0.507 e. The van der Waals surface area contributed by atoms with Crippen LogP contribution in [0.1, 0.15) is 43.5 Å². The first-order valence-corrected chi connectivity index (χ1v) is 5.49. The number of hydrogen-bond acceptors (Lipinski definition) is 2. The lowest BCUT2D eigenvalue weighted by atomic mass is 9.94. The molecule has 1 atom stereocenters. The van der Waals surface area contributed by atoms with Crippen LogP contribution in [0.15, 0.2) is 24.3 Å². The van der Waals surface area contributed by atoms with E-state index in [-0.39, 0.29) is 17.5 Å². The molecule has 0 radical (unpaired) electrons. The molecule has 1 unspecified atom stereocenters. The van der Waals surface area contributed by atoms with E-state index in [4.69, 9.17) is 0 Å². The molecule has 0 saturated carbocycles. The predicted octanol–water partition coefficient (Wildman–Crippen LogP) is 3.40. The number of carbonyl (C=O) groups excluding carboxylic acids is 1. The molecule has 0 aliphatic heterocycles. The van der Waals surface area contributed by atoms with Crippen LogP contribution in [0.2, 0.25) is 0 Å². The maximum atomic E-state index is 11.9. The van der Waals surface area contributed by atoms with Crippen LogP contribution in [0.25, 0.3) is 0 Å². The second kappa shape index (κ2) is 5.54. The molecule has 82 valence electrons. The van der Waals surface area contributed by atoms with Crippen molar-refractivity contribution in [3.05, 3.63) is 29.8 Å². The summed E-state index contributed by atoms with van der Waals surface area (Å²) in [6.07, 6.45) is 3.04. The Kier molecular flexibility index (Phi) is 4.35. The van der Waals surface area contributed by atoms with Gasteiger partial charge in [0.25, 0.3) is 0 Å². The summed E-state index contributed by atoms with van der Waals surface area (Å²) in [5.41, 5.74) is 0.445. The van der Waals surface area contributed by atoms with Crippen molar-refractivity contribution in [2.75, 3.05) is 0 Å². The number of aromatic hydroxyl groups is 1. The zero-order valence-corrected chi connectivity index (χ0v) is 9.36. The minimum absolute atomic E-state index is 0.00162. The third-order valence-corrected chi connectivity index (χ3v) is 2.61. The van der Waals surface area contributed by atoms with Gasteiger partial charge in [0.1, 0.15) is 5.75 Å². The maximum Gasteiger partial charge on any atom is 0.169 e. The van der Waals surface area contributed by atoms with Gasteiger partial charge in [-0.2, -0.15) is 0 Å². The molecule has 0 amide bonds. The Balaban J connectivity index is 2.72. The van der Waals surface area contributed by atoms with Gasteiger partial charge in [-0.15, -0.1) is 0 Å². The first kappa shape index (κ1) is 11.8. The first-order valence-electron chi connectivity index (χ1n) is 5.49. The highest BCUT2D eigenvalue weighted by molar-refractivity contribution is 5.99. The molecule has 2 nitrogen and oxygen atoms in total. The molecule has 0 heterocycles. The topological polar surface area (TPSA) is 37.3 Å². The highest BCUT2D eigenvalue weighted by Gasteiger charge is 2.17. The summed E-state index contributed by atoms with van der Waals surface area (Å²) in [7, 11) is 0. The normalized spacial score (nSPS) is 12.4. The average Bonchev–Trinajstić information content (AvgIpc) is 2.25. The van der Waals surface area contributed by atoms with Crippen molar-refractivity contribution in [2.24, 2.45) is 5.92 Å². The smallest absolute Gasteiger partial charge is 0.169 e. The zero-order valence-electron chi connectivity index (χ0n) is 9.36. The van der Waals surface area contributed by atoms with E-state index in [0.29, 0.717) is 5.56 Å². The number of unbranched alkanes of at least 4 members (excludes halogenated alkanes) is 1. The minimum Gasteiger partial charge on any atom is -0.507 e. The van der Waals surface area contributed by atoms with Crippen LogP contribution in [-0.2, 0) is 0 Å². The minimum atomic E-state index is -0.00162. The van der Waals surface area contributed by atoms with Crippen LogP contribution in [0.5, 0.6) is 5.75 Å².